The van der Waals surface area contributed by atoms with E-state index in [-0.39, 0.29) is 52.4 Å². The summed E-state index contributed by atoms with van der Waals surface area (Å²) < 4.78 is 42.0. The number of benzene rings is 2. The molecule has 202 valence electrons. The number of amides is 2. The van der Waals surface area contributed by atoms with Crippen molar-refractivity contribution in [1.82, 2.24) is 19.6 Å². The first-order valence-electron chi connectivity index (χ1n) is 11.9. The lowest BCUT2D eigenvalue weighted by atomic mass is 10.1. The first-order valence-corrected chi connectivity index (χ1v) is 13.1. The van der Waals surface area contributed by atoms with E-state index < -0.39 is 11.7 Å². The van der Waals surface area contributed by atoms with Crippen LogP contribution in [0, 0.1) is 0 Å². The zero-order valence-electron chi connectivity index (χ0n) is 20.7. The molecule has 2 amide bonds. The molecule has 1 aliphatic rings. The van der Waals surface area contributed by atoms with E-state index in [0.717, 1.165) is 17.8 Å². The lowest BCUT2D eigenvalue weighted by Crippen LogP contribution is -2.41. The summed E-state index contributed by atoms with van der Waals surface area (Å²) in [6.07, 6.45) is -1.38. The lowest BCUT2D eigenvalue weighted by molar-refractivity contribution is -0.138. The van der Waals surface area contributed by atoms with Crippen molar-refractivity contribution in [2.24, 2.45) is 0 Å². The van der Waals surface area contributed by atoms with Gasteiger partial charge in [0.1, 0.15) is 0 Å². The number of hydrogen-bond acceptors (Lipinski definition) is 6. The van der Waals surface area contributed by atoms with Gasteiger partial charge in [0.2, 0.25) is 0 Å². The maximum Gasteiger partial charge on any atom is 0.416 e. The van der Waals surface area contributed by atoms with Crippen molar-refractivity contribution in [2.45, 2.75) is 32.6 Å². The van der Waals surface area contributed by atoms with Crippen LogP contribution in [0.25, 0.3) is 17.0 Å². The van der Waals surface area contributed by atoms with Crippen molar-refractivity contribution < 1.29 is 27.9 Å². The minimum absolute atomic E-state index is 0.00265. The molecule has 0 unspecified atom stereocenters. The number of aliphatic hydroxyl groups is 1. The summed E-state index contributed by atoms with van der Waals surface area (Å²) >= 11 is 6.64. The number of fused-ring (bicyclic) bond motifs is 1. The number of carbonyl (C=O) groups excluding carboxylic acids is 2. The summed E-state index contributed by atoms with van der Waals surface area (Å²) in [6.45, 7) is 4.97. The van der Waals surface area contributed by atoms with Gasteiger partial charge in [-0.15, -0.1) is 0 Å². The van der Waals surface area contributed by atoms with Crippen LogP contribution in [0.3, 0.4) is 0 Å². The van der Waals surface area contributed by atoms with Crippen LogP contribution in [0.1, 0.15) is 30.5 Å². The summed E-state index contributed by atoms with van der Waals surface area (Å²) in [5.74, 6) is -0.383. The molecule has 1 N–H and O–H groups in total. The number of halogens is 4. The molecular weight excluding hydrogens is 541 g/mol. The number of carbonyl (C=O) groups is 2. The standard InChI is InChI=1S/C26H26ClF3N4O3S/c1-16(2)32(9-10-35)7-8-33-24(36)23(38-25(33)37)12-17-3-6-22-19(11-17)14-31-34(22)15-18-4-5-20(27)13-21(18)26(28,29)30/h3-6,11-14,16,35H,7-10,15H2,1-2H3/b23-12-. The zero-order chi connectivity index (χ0) is 27.6. The van der Waals surface area contributed by atoms with Gasteiger partial charge in [0.25, 0.3) is 11.1 Å². The summed E-state index contributed by atoms with van der Waals surface area (Å²) in [4.78, 5) is 28.9. The Balaban J connectivity index is 1.52. The largest absolute Gasteiger partial charge is 0.416 e. The summed E-state index contributed by atoms with van der Waals surface area (Å²) in [7, 11) is 0. The second-order valence-corrected chi connectivity index (χ2v) is 10.5. The highest BCUT2D eigenvalue weighted by molar-refractivity contribution is 8.18. The van der Waals surface area contributed by atoms with E-state index in [0.29, 0.717) is 29.6 Å². The van der Waals surface area contributed by atoms with Crippen LogP contribution < -0.4 is 0 Å². The molecule has 1 fully saturated rings. The molecular formula is C26H26ClF3N4O3S. The Labute approximate surface area is 226 Å². The van der Waals surface area contributed by atoms with Gasteiger partial charge in [-0.2, -0.15) is 18.3 Å². The zero-order valence-corrected chi connectivity index (χ0v) is 22.3. The normalized spacial score (nSPS) is 15.7. The lowest BCUT2D eigenvalue weighted by Gasteiger charge is -2.27. The maximum absolute atomic E-state index is 13.5. The fourth-order valence-electron chi connectivity index (χ4n) is 4.26. The van der Waals surface area contributed by atoms with Crippen molar-refractivity contribution in [2.75, 3.05) is 26.2 Å². The van der Waals surface area contributed by atoms with Crippen LogP contribution in [-0.4, -0.2) is 68.1 Å². The second-order valence-electron chi connectivity index (χ2n) is 9.11. The van der Waals surface area contributed by atoms with Gasteiger partial charge < -0.3 is 5.11 Å². The number of alkyl halides is 3. The molecule has 12 heteroatoms. The number of nitrogens with zero attached hydrogens (tertiary/aromatic N) is 4. The third-order valence-electron chi connectivity index (χ3n) is 6.26. The molecule has 4 rings (SSSR count). The monoisotopic (exact) mass is 566 g/mol. The van der Waals surface area contributed by atoms with Gasteiger partial charge in [-0.1, -0.05) is 23.7 Å². The number of aromatic nitrogens is 2. The Kier molecular flexibility index (Phi) is 8.51. The van der Waals surface area contributed by atoms with Crippen LogP contribution in [0.4, 0.5) is 18.0 Å². The highest BCUT2D eigenvalue weighted by Gasteiger charge is 2.35. The highest BCUT2D eigenvalue weighted by Crippen LogP contribution is 2.35. The Bertz CT molecular complexity index is 1390. The first-order chi connectivity index (χ1) is 18.0. The van der Waals surface area contributed by atoms with Gasteiger partial charge in [0, 0.05) is 36.1 Å². The van der Waals surface area contributed by atoms with E-state index in [1.54, 1.807) is 30.5 Å². The summed E-state index contributed by atoms with van der Waals surface area (Å²) in [6, 6.07) is 9.02. The van der Waals surface area contributed by atoms with E-state index >= 15 is 0 Å². The first kappa shape index (κ1) is 28.2. The van der Waals surface area contributed by atoms with Gasteiger partial charge >= 0.3 is 6.18 Å². The van der Waals surface area contributed by atoms with Crippen molar-refractivity contribution in [3.05, 3.63) is 69.2 Å². The van der Waals surface area contributed by atoms with Crippen LogP contribution in [0.5, 0.6) is 0 Å². The quantitative estimate of drug-likeness (QED) is 0.345. The molecule has 0 spiro atoms. The van der Waals surface area contributed by atoms with E-state index in [4.69, 9.17) is 11.6 Å². The molecule has 3 aromatic rings. The second kappa shape index (κ2) is 11.5. The molecule has 1 aromatic heterocycles. The molecule has 1 saturated heterocycles. The molecule has 2 heterocycles. The molecule has 1 aliphatic heterocycles. The highest BCUT2D eigenvalue weighted by atomic mass is 35.5. The molecule has 0 aliphatic carbocycles. The Morgan fingerprint density at radius 2 is 1.92 bits per heavy atom. The van der Waals surface area contributed by atoms with Crippen LogP contribution in [0.15, 0.2) is 47.5 Å². The minimum atomic E-state index is -4.55. The topological polar surface area (TPSA) is 78.7 Å². The van der Waals surface area contributed by atoms with Gasteiger partial charge in [-0.3, -0.25) is 24.1 Å². The van der Waals surface area contributed by atoms with Gasteiger partial charge in [-0.25, -0.2) is 0 Å². The van der Waals surface area contributed by atoms with Crippen LogP contribution in [0.2, 0.25) is 5.02 Å². The summed E-state index contributed by atoms with van der Waals surface area (Å²) in [5.41, 5.74) is 0.513. The van der Waals surface area contributed by atoms with Crippen molar-refractivity contribution >= 4 is 51.5 Å². The van der Waals surface area contributed by atoms with Crippen molar-refractivity contribution in [3.8, 4) is 0 Å². The number of thioether (sulfide) groups is 1. The van der Waals surface area contributed by atoms with E-state index in [1.807, 2.05) is 18.7 Å². The fraction of sp³-hybridized carbons (Fsp3) is 0.346. The van der Waals surface area contributed by atoms with Crippen LogP contribution in [-0.2, 0) is 17.5 Å². The number of imide groups is 1. The number of rotatable bonds is 9. The average molecular weight is 567 g/mol. The maximum atomic E-state index is 13.5. The third-order valence-corrected chi connectivity index (χ3v) is 7.41. The fourth-order valence-corrected chi connectivity index (χ4v) is 5.30. The van der Waals surface area contributed by atoms with Gasteiger partial charge in [0.15, 0.2) is 0 Å². The van der Waals surface area contributed by atoms with Crippen LogP contribution >= 0.6 is 23.4 Å². The smallest absolute Gasteiger partial charge is 0.395 e. The molecule has 38 heavy (non-hydrogen) atoms. The SMILES string of the molecule is CC(C)N(CCO)CCN1C(=O)S/C(=C\c2ccc3c(cnn3Cc3ccc(Cl)cc3C(F)(F)F)c2)C1=O. The molecule has 2 aromatic carbocycles. The molecule has 7 nitrogen and oxygen atoms in total. The minimum Gasteiger partial charge on any atom is -0.395 e. The molecule has 0 saturated carbocycles. The Morgan fingerprint density at radius 3 is 2.61 bits per heavy atom. The summed E-state index contributed by atoms with van der Waals surface area (Å²) in [5, 5.41) is 13.8. The van der Waals surface area contributed by atoms with E-state index in [1.165, 1.54) is 21.7 Å². The predicted molar refractivity (Wildman–Crippen MR) is 142 cm³/mol. The predicted octanol–water partition coefficient (Wildman–Crippen LogP) is 5.50. The van der Waals surface area contributed by atoms with Crippen molar-refractivity contribution in [1.29, 1.82) is 0 Å². The average Bonchev–Trinajstić information content (AvgIpc) is 3.36. The Hall–Kier alpha value is -2.86. The van der Waals surface area contributed by atoms with E-state index in [9.17, 15) is 27.9 Å². The van der Waals surface area contributed by atoms with Gasteiger partial charge in [-0.05, 0) is 67.1 Å². The molecule has 0 atom stereocenters. The molecule has 0 radical (unpaired) electrons. The molecule has 0 bridgehead atoms. The third kappa shape index (κ3) is 6.23. The Morgan fingerprint density at radius 1 is 1.16 bits per heavy atom. The van der Waals surface area contributed by atoms with Gasteiger partial charge in [0.05, 0.1) is 35.3 Å². The van der Waals surface area contributed by atoms with Crippen molar-refractivity contribution in [3.63, 3.8) is 0 Å². The number of aliphatic hydroxyl groups excluding tert-OH is 1. The van der Waals surface area contributed by atoms with E-state index in [2.05, 4.69) is 5.10 Å². The number of hydrogen-bond donors (Lipinski definition) is 1.